The number of nitrogens with one attached hydrogen (secondary N) is 2. The van der Waals surface area contributed by atoms with Crippen molar-refractivity contribution in [3.05, 3.63) is 100 Å². The molecule has 0 bridgehead atoms. The minimum absolute atomic E-state index is 0.155. The standard InChI is InChI=1S/C27H25F7N2O2/c1-16-3-8-18(9-4-16)24(25(37)35-2)36-22(14-7-17-5-11-20(12-6-17)26(29,30)31)19-10-13-21(28)23(15-19)38-27(32,33)34/h3-6,8-13,15,22,24,36H,7,14H2,1-2H3,(H,35,37)/t22-,24?/m0/s1. The molecule has 2 atom stereocenters. The van der Waals surface area contributed by atoms with Crippen LogP contribution >= 0.6 is 0 Å². The van der Waals surface area contributed by atoms with Crippen molar-refractivity contribution in [3.8, 4) is 5.75 Å². The minimum Gasteiger partial charge on any atom is -0.403 e. The fourth-order valence-electron chi connectivity index (χ4n) is 3.88. The van der Waals surface area contributed by atoms with Crippen LogP contribution in [0.3, 0.4) is 0 Å². The first kappa shape index (κ1) is 29.0. The van der Waals surface area contributed by atoms with Crippen LogP contribution in [-0.4, -0.2) is 19.3 Å². The first-order chi connectivity index (χ1) is 17.8. The van der Waals surface area contributed by atoms with Crippen molar-refractivity contribution in [1.29, 1.82) is 0 Å². The minimum atomic E-state index is -5.13. The number of benzene rings is 3. The molecule has 38 heavy (non-hydrogen) atoms. The third-order valence-electron chi connectivity index (χ3n) is 5.87. The van der Waals surface area contributed by atoms with E-state index in [2.05, 4.69) is 15.4 Å². The molecule has 1 amide bonds. The van der Waals surface area contributed by atoms with Gasteiger partial charge < -0.3 is 10.1 Å². The zero-order valence-corrected chi connectivity index (χ0v) is 20.4. The number of aryl methyl sites for hydroxylation is 2. The van der Waals surface area contributed by atoms with Crippen molar-refractivity contribution >= 4 is 5.91 Å². The molecule has 0 aromatic heterocycles. The van der Waals surface area contributed by atoms with Crippen molar-refractivity contribution in [3.63, 3.8) is 0 Å². The number of amides is 1. The molecule has 2 N–H and O–H groups in total. The maximum atomic E-state index is 14.1. The van der Waals surface area contributed by atoms with E-state index in [4.69, 9.17) is 0 Å². The Hall–Kier alpha value is -3.60. The van der Waals surface area contributed by atoms with Crippen molar-refractivity contribution in [2.75, 3.05) is 7.05 Å². The normalized spacial score (nSPS) is 13.6. The first-order valence-electron chi connectivity index (χ1n) is 11.5. The van der Waals surface area contributed by atoms with Crippen LogP contribution in [0, 0.1) is 12.7 Å². The van der Waals surface area contributed by atoms with Crippen LogP contribution in [0.1, 0.15) is 46.3 Å². The van der Waals surface area contributed by atoms with Crippen LogP contribution in [0.15, 0.2) is 66.7 Å². The molecule has 1 unspecified atom stereocenters. The van der Waals surface area contributed by atoms with E-state index in [9.17, 15) is 35.5 Å². The molecule has 4 nitrogen and oxygen atoms in total. The number of hydrogen-bond donors (Lipinski definition) is 2. The number of halogens is 7. The predicted molar refractivity (Wildman–Crippen MR) is 127 cm³/mol. The van der Waals surface area contributed by atoms with Crippen molar-refractivity contribution < 1.29 is 40.3 Å². The highest BCUT2D eigenvalue weighted by molar-refractivity contribution is 5.83. The Morgan fingerprint density at radius 3 is 2.05 bits per heavy atom. The summed E-state index contributed by atoms with van der Waals surface area (Å²) in [6.45, 7) is 1.86. The molecule has 0 aliphatic carbocycles. The summed E-state index contributed by atoms with van der Waals surface area (Å²) in [4.78, 5) is 12.8. The number of likely N-dealkylation sites (N-methyl/N-ethyl adjacent to an activating group) is 1. The van der Waals surface area contributed by atoms with Crippen LogP contribution in [-0.2, 0) is 17.4 Å². The monoisotopic (exact) mass is 542 g/mol. The molecule has 3 rings (SSSR count). The lowest BCUT2D eigenvalue weighted by Gasteiger charge is -2.26. The van der Waals surface area contributed by atoms with Crippen LogP contribution in [0.4, 0.5) is 30.7 Å². The van der Waals surface area contributed by atoms with Gasteiger partial charge in [0, 0.05) is 13.1 Å². The quantitative estimate of drug-likeness (QED) is 0.293. The third-order valence-corrected chi connectivity index (χ3v) is 5.87. The van der Waals surface area contributed by atoms with Gasteiger partial charge in [-0.05, 0) is 60.7 Å². The largest absolute Gasteiger partial charge is 0.573 e. The second kappa shape index (κ2) is 11.8. The summed E-state index contributed by atoms with van der Waals surface area (Å²) in [7, 11) is 1.43. The van der Waals surface area contributed by atoms with Gasteiger partial charge in [0.05, 0.1) is 5.56 Å². The molecule has 0 fully saturated rings. The van der Waals surface area contributed by atoms with E-state index in [1.54, 1.807) is 24.3 Å². The van der Waals surface area contributed by atoms with E-state index in [1.165, 1.54) is 25.2 Å². The molecular formula is C27H25F7N2O2. The Bertz CT molecular complexity index is 1220. The van der Waals surface area contributed by atoms with Crippen LogP contribution in [0.2, 0.25) is 0 Å². The van der Waals surface area contributed by atoms with Gasteiger partial charge in [-0.3, -0.25) is 10.1 Å². The summed E-state index contributed by atoms with van der Waals surface area (Å²) >= 11 is 0. The summed E-state index contributed by atoms with van der Waals surface area (Å²) in [6, 6.07) is 12.7. The SMILES string of the molecule is CNC(=O)C(N[C@@H](CCc1ccc(C(F)(F)F)cc1)c1ccc(F)c(OC(F)(F)F)c1)c1ccc(C)cc1. The molecule has 0 aliphatic heterocycles. The van der Waals surface area contributed by atoms with Gasteiger partial charge in [-0.1, -0.05) is 48.0 Å². The highest BCUT2D eigenvalue weighted by atomic mass is 19.4. The second-order valence-electron chi connectivity index (χ2n) is 8.65. The van der Waals surface area contributed by atoms with Gasteiger partial charge in [0.15, 0.2) is 11.6 Å². The third kappa shape index (κ3) is 7.95. The van der Waals surface area contributed by atoms with Gasteiger partial charge in [0.25, 0.3) is 0 Å². The zero-order chi connectivity index (χ0) is 28.1. The van der Waals surface area contributed by atoms with Gasteiger partial charge in [-0.15, -0.1) is 13.2 Å². The van der Waals surface area contributed by atoms with Crippen molar-refractivity contribution in [2.45, 2.75) is 44.4 Å². The summed E-state index contributed by atoms with van der Waals surface area (Å²) in [6.07, 6.45) is -9.27. The van der Waals surface area contributed by atoms with Gasteiger partial charge in [-0.2, -0.15) is 13.2 Å². The molecule has 3 aromatic rings. The first-order valence-corrected chi connectivity index (χ1v) is 11.5. The average Bonchev–Trinajstić information content (AvgIpc) is 2.85. The summed E-state index contributed by atoms with van der Waals surface area (Å²) in [5.41, 5.74) is 1.42. The Kier molecular flexibility index (Phi) is 9.03. The molecule has 0 heterocycles. The van der Waals surface area contributed by atoms with E-state index in [1.807, 2.05) is 6.92 Å². The van der Waals surface area contributed by atoms with E-state index >= 15 is 0 Å². The lowest BCUT2D eigenvalue weighted by Crippen LogP contribution is -2.38. The molecule has 3 aromatic carbocycles. The number of rotatable bonds is 9. The number of alkyl halides is 6. The predicted octanol–water partition coefficient (Wildman–Crippen LogP) is 6.80. The molecule has 0 saturated heterocycles. The smallest absolute Gasteiger partial charge is 0.403 e. The highest BCUT2D eigenvalue weighted by Crippen LogP contribution is 2.33. The van der Waals surface area contributed by atoms with Gasteiger partial charge >= 0.3 is 12.5 Å². The van der Waals surface area contributed by atoms with Crippen molar-refractivity contribution in [1.82, 2.24) is 10.6 Å². The molecule has 0 spiro atoms. The number of carbonyl (C=O) groups excluding carboxylic acids is 1. The lowest BCUT2D eigenvalue weighted by atomic mass is 9.95. The Labute approximate surface area is 214 Å². The van der Waals surface area contributed by atoms with Crippen LogP contribution in [0.5, 0.6) is 5.75 Å². The Morgan fingerprint density at radius 1 is 0.895 bits per heavy atom. The van der Waals surface area contributed by atoms with Crippen molar-refractivity contribution in [2.24, 2.45) is 0 Å². The summed E-state index contributed by atoms with van der Waals surface area (Å²) in [5.74, 6) is -2.70. The zero-order valence-electron chi connectivity index (χ0n) is 20.4. The summed E-state index contributed by atoms with van der Waals surface area (Å²) in [5, 5.41) is 5.66. The molecule has 11 heteroatoms. The van der Waals surface area contributed by atoms with E-state index < -0.39 is 47.7 Å². The number of hydrogen-bond acceptors (Lipinski definition) is 3. The topological polar surface area (TPSA) is 50.4 Å². The van der Waals surface area contributed by atoms with Gasteiger partial charge in [0.1, 0.15) is 6.04 Å². The van der Waals surface area contributed by atoms with Crippen LogP contribution < -0.4 is 15.4 Å². The molecule has 0 saturated carbocycles. The van der Waals surface area contributed by atoms with Gasteiger partial charge in [-0.25, -0.2) is 4.39 Å². The van der Waals surface area contributed by atoms with Gasteiger partial charge in [0.2, 0.25) is 5.91 Å². The van der Waals surface area contributed by atoms with E-state index in [0.29, 0.717) is 11.1 Å². The maximum absolute atomic E-state index is 14.1. The maximum Gasteiger partial charge on any atom is 0.573 e. The fraction of sp³-hybridized carbons (Fsp3) is 0.296. The summed E-state index contributed by atoms with van der Waals surface area (Å²) < 4.78 is 95.1. The molecule has 204 valence electrons. The lowest BCUT2D eigenvalue weighted by molar-refractivity contribution is -0.275. The number of ether oxygens (including phenoxy) is 1. The van der Waals surface area contributed by atoms with Crippen LogP contribution in [0.25, 0.3) is 0 Å². The molecule has 0 radical (unpaired) electrons. The average molecular weight is 542 g/mol. The molecule has 0 aliphatic rings. The highest BCUT2D eigenvalue weighted by Gasteiger charge is 2.33. The molecular weight excluding hydrogens is 517 g/mol. The van der Waals surface area contributed by atoms with E-state index in [0.717, 1.165) is 29.8 Å². The fourth-order valence-corrected chi connectivity index (χ4v) is 3.88. The Morgan fingerprint density at radius 2 is 1.50 bits per heavy atom. The second-order valence-corrected chi connectivity index (χ2v) is 8.65. The van der Waals surface area contributed by atoms with E-state index in [-0.39, 0.29) is 18.4 Å². The Balaban J connectivity index is 1.95. The number of carbonyl (C=O) groups is 1.